The summed E-state index contributed by atoms with van der Waals surface area (Å²) < 4.78 is 0.719. The molecule has 0 saturated carbocycles. The molecule has 2 aromatic rings. The number of nitrogen functional groups attached to an aromatic ring is 2. The summed E-state index contributed by atoms with van der Waals surface area (Å²) in [6.07, 6.45) is 2.87. The molecule has 0 aliphatic rings. The van der Waals surface area contributed by atoms with E-state index < -0.39 is 5.91 Å². The van der Waals surface area contributed by atoms with Crippen molar-refractivity contribution in [3.05, 3.63) is 46.7 Å². The third-order valence-corrected chi connectivity index (χ3v) is 5.11. The average Bonchev–Trinajstić information content (AvgIpc) is 2.68. The largest absolute Gasteiger partial charge is 0.382 e. The van der Waals surface area contributed by atoms with Gasteiger partial charge in [0.05, 0.1) is 33.7 Å². The number of hydrogen-bond acceptors (Lipinski definition) is 6. The van der Waals surface area contributed by atoms with Gasteiger partial charge in [0, 0.05) is 12.8 Å². The standard InChI is InChI=1S/C21H29ClN6O2/c1-28(2,12-7-6-10-16(29)14-15-8-4-3-5-9-15)13-11-25-21(30)17-19(23)27-20(24)18(22)26-17/h3-5,8-9H,6-7,10-14H2,1-2H3,(H4-,23,24,25,27,30)/p+1. The van der Waals surface area contributed by atoms with Crippen LogP contribution >= 0.6 is 11.6 Å². The van der Waals surface area contributed by atoms with Gasteiger partial charge in [-0.25, -0.2) is 9.97 Å². The first-order chi connectivity index (χ1) is 14.2. The number of unbranched alkanes of at least 4 members (excludes halogenated alkanes) is 1. The molecule has 2 rings (SSSR count). The monoisotopic (exact) mass is 433 g/mol. The lowest BCUT2D eigenvalue weighted by Crippen LogP contribution is -2.46. The number of anilines is 2. The summed E-state index contributed by atoms with van der Waals surface area (Å²) in [6.45, 7) is 2.08. The van der Waals surface area contributed by atoms with E-state index in [4.69, 9.17) is 23.1 Å². The smallest absolute Gasteiger partial charge is 0.273 e. The van der Waals surface area contributed by atoms with Gasteiger partial charge in [-0.05, 0) is 18.4 Å². The first-order valence-electron chi connectivity index (χ1n) is 9.92. The molecule has 0 bridgehead atoms. The van der Waals surface area contributed by atoms with Crippen molar-refractivity contribution in [3.63, 3.8) is 0 Å². The molecule has 0 unspecified atom stereocenters. The number of amides is 1. The summed E-state index contributed by atoms with van der Waals surface area (Å²) in [5, 5.41) is 2.74. The van der Waals surface area contributed by atoms with Crippen molar-refractivity contribution in [1.29, 1.82) is 0 Å². The highest BCUT2D eigenvalue weighted by atomic mass is 35.5. The van der Waals surface area contributed by atoms with Crippen molar-refractivity contribution in [2.24, 2.45) is 0 Å². The fourth-order valence-electron chi connectivity index (χ4n) is 3.05. The molecule has 0 fully saturated rings. The highest BCUT2D eigenvalue weighted by molar-refractivity contribution is 6.31. The SMILES string of the molecule is C[N+](C)(CCCCC(=O)Cc1ccccc1)CCNC(=O)c1nc(Cl)c(N)nc1N. The van der Waals surface area contributed by atoms with Gasteiger partial charge in [-0.2, -0.15) is 0 Å². The van der Waals surface area contributed by atoms with Crippen LogP contribution in [-0.4, -0.2) is 59.9 Å². The minimum Gasteiger partial charge on any atom is -0.382 e. The number of halogens is 1. The number of nitrogens with one attached hydrogen (secondary N) is 1. The lowest BCUT2D eigenvalue weighted by Gasteiger charge is -2.29. The maximum atomic E-state index is 12.3. The first kappa shape index (κ1) is 23.6. The average molecular weight is 434 g/mol. The number of nitrogens with zero attached hydrogens (tertiary/aromatic N) is 3. The predicted molar refractivity (Wildman–Crippen MR) is 119 cm³/mol. The number of nitrogens with two attached hydrogens (primary N) is 2. The topological polar surface area (TPSA) is 124 Å². The molecule has 0 aliphatic carbocycles. The second-order valence-electron chi connectivity index (χ2n) is 7.93. The van der Waals surface area contributed by atoms with Gasteiger partial charge in [0.1, 0.15) is 5.78 Å². The van der Waals surface area contributed by atoms with Gasteiger partial charge in [-0.3, -0.25) is 9.59 Å². The lowest BCUT2D eigenvalue weighted by atomic mass is 10.0. The fourth-order valence-corrected chi connectivity index (χ4v) is 3.18. The van der Waals surface area contributed by atoms with E-state index in [0.29, 0.717) is 19.4 Å². The zero-order valence-corrected chi connectivity index (χ0v) is 18.3. The normalized spacial score (nSPS) is 11.3. The quantitative estimate of drug-likeness (QED) is 0.368. The highest BCUT2D eigenvalue weighted by Crippen LogP contribution is 2.17. The fraction of sp³-hybridized carbons (Fsp3) is 0.429. The minimum atomic E-state index is -0.437. The van der Waals surface area contributed by atoms with E-state index >= 15 is 0 Å². The van der Waals surface area contributed by atoms with Crippen molar-refractivity contribution in [2.75, 3.05) is 45.2 Å². The molecule has 1 heterocycles. The predicted octanol–water partition coefficient (Wildman–Crippen LogP) is 2.08. The zero-order chi connectivity index (χ0) is 22.1. The number of benzene rings is 1. The van der Waals surface area contributed by atoms with Gasteiger partial charge in [0.2, 0.25) is 0 Å². The first-order valence-corrected chi connectivity index (χ1v) is 10.3. The second-order valence-corrected chi connectivity index (χ2v) is 8.29. The molecule has 0 radical (unpaired) electrons. The highest BCUT2D eigenvalue weighted by Gasteiger charge is 2.18. The molecular weight excluding hydrogens is 404 g/mol. The number of carbonyl (C=O) groups is 2. The minimum absolute atomic E-state index is 0.00855. The van der Waals surface area contributed by atoms with Crippen molar-refractivity contribution < 1.29 is 14.1 Å². The van der Waals surface area contributed by atoms with E-state index in [-0.39, 0.29) is 28.3 Å². The third-order valence-electron chi connectivity index (χ3n) is 4.84. The molecule has 1 aromatic heterocycles. The van der Waals surface area contributed by atoms with E-state index in [1.807, 2.05) is 30.3 Å². The number of hydrogen-bond donors (Lipinski definition) is 3. The molecule has 0 aliphatic heterocycles. The van der Waals surface area contributed by atoms with Crippen LogP contribution in [0.4, 0.5) is 11.6 Å². The van der Waals surface area contributed by atoms with Crippen molar-refractivity contribution in [3.8, 4) is 0 Å². The Labute approximate surface area is 182 Å². The van der Waals surface area contributed by atoms with Gasteiger partial charge >= 0.3 is 0 Å². The lowest BCUT2D eigenvalue weighted by molar-refractivity contribution is -0.889. The third kappa shape index (κ3) is 7.61. The number of Topliss-reactive ketones (excluding diaryl/α,β-unsaturated/α-hetero) is 1. The van der Waals surface area contributed by atoms with Crippen LogP contribution in [0.1, 0.15) is 35.3 Å². The number of quaternary nitrogens is 1. The van der Waals surface area contributed by atoms with Crippen LogP contribution in [0.25, 0.3) is 0 Å². The Morgan fingerprint density at radius 1 is 1.03 bits per heavy atom. The summed E-state index contributed by atoms with van der Waals surface area (Å²) in [4.78, 5) is 32.1. The number of carbonyl (C=O) groups excluding carboxylic acids is 2. The number of rotatable bonds is 11. The van der Waals surface area contributed by atoms with Crippen LogP contribution in [0.2, 0.25) is 5.15 Å². The molecule has 8 nitrogen and oxygen atoms in total. The van der Waals surface area contributed by atoms with E-state index in [1.54, 1.807) is 0 Å². The molecular formula is C21H30ClN6O2+. The Morgan fingerprint density at radius 3 is 2.43 bits per heavy atom. The molecule has 30 heavy (non-hydrogen) atoms. The summed E-state index contributed by atoms with van der Waals surface area (Å²) in [6, 6.07) is 9.80. The van der Waals surface area contributed by atoms with Gasteiger partial charge in [-0.15, -0.1) is 0 Å². The Bertz CT molecular complexity index is 873. The van der Waals surface area contributed by atoms with Gasteiger partial charge in [0.15, 0.2) is 22.5 Å². The van der Waals surface area contributed by atoms with Crippen LogP contribution in [-0.2, 0) is 11.2 Å². The maximum Gasteiger partial charge on any atom is 0.273 e. The number of likely N-dealkylation sites (N-methyl/N-ethyl adjacent to an activating group) is 1. The number of ketones is 1. The van der Waals surface area contributed by atoms with Crippen LogP contribution in [0.3, 0.4) is 0 Å². The van der Waals surface area contributed by atoms with Crippen molar-refractivity contribution in [1.82, 2.24) is 15.3 Å². The van der Waals surface area contributed by atoms with E-state index in [9.17, 15) is 9.59 Å². The maximum absolute atomic E-state index is 12.3. The number of aromatic nitrogens is 2. The molecule has 5 N–H and O–H groups in total. The van der Waals surface area contributed by atoms with Gasteiger partial charge in [0.25, 0.3) is 5.91 Å². The molecule has 0 atom stereocenters. The molecule has 9 heteroatoms. The van der Waals surface area contributed by atoms with E-state index in [0.717, 1.165) is 36.0 Å². The molecule has 0 saturated heterocycles. The Hall–Kier alpha value is -2.71. The Morgan fingerprint density at radius 2 is 1.73 bits per heavy atom. The van der Waals surface area contributed by atoms with Gasteiger partial charge in [-0.1, -0.05) is 41.9 Å². The Kier molecular flexibility index (Phi) is 8.56. The van der Waals surface area contributed by atoms with E-state index in [2.05, 4.69) is 29.4 Å². The van der Waals surface area contributed by atoms with Crippen molar-refractivity contribution >= 4 is 34.9 Å². The van der Waals surface area contributed by atoms with Crippen LogP contribution in [0.5, 0.6) is 0 Å². The van der Waals surface area contributed by atoms with Gasteiger partial charge < -0.3 is 21.3 Å². The summed E-state index contributed by atoms with van der Waals surface area (Å²) >= 11 is 5.81. The molecule has 1 aromatic carbocycles. The molecule has 1 amide bonds. The van der Waals surface area contributed by atoms with Crippen LogP contribution in [0.15, 0.2) is 30.3 Å². The summed E-state index contributed by atoms with van der Waals surface area (Å²) in [5.41, 5.74) is 12.2. The van der Waals surface area contributed by atoms with Crippen LogP contribution in [0, 0.1) is 0 Å². The molecule has 162 valence electrons. The summed E-state index contributed by atoms with van der Waals surface area (Å²) in [5.74, 6) is -0.234. The van der Waals surface area contributed by atoms with Crippen molar-refractivity contribution in [2.45, 2.75) is 25.7 Å². The second kappa shape index (κ2) is 10.9. The summed E-state index contributed by atoms with van der Waals surface area (Å²) in [7, 11) is 4.18. The van der Waals surface area contributed by atoms with E-state index in [1.165, 1.54) is 0 Å². The van der Waals surface area contributed by atoms with Crippen LogP contribution < -0.4 is 16.8 Å². The molecule has 0 spiro atoms. The Balaban J connectivity index is 1.68. The zero-order valence-electron chi connectivity index (χ0n) is 17.5.